The van der Waals surface area contributed by atoms with Gasteiger partial charge in [0, 0.05) is 43.5 Å². The molecule has 0 aliphatic carbocycles. The lowest BCUT2D eigenvalue weighted by molar-refractivity contribution is 0.393. The van der Waals surface area contributed by atoms with Crippen LogP contribution in [0, 0.1) is 6.92 Å². The zero-order chi connectivity index (χ0) is 15.4. The molecule has 1 unspecified atom stereocenters. The van der Waals surface area contributed by atoms with Crippen molar-refractivity contribution in [2.75, 3.05) is 13.6 Å². The van der Waals surface area contributed by atoms with E-state index in [1.54, 1.807) is 24.7 Å². The smallest absolute Gasteiger partial charge is 0.191 e. The van der Waals surface area contributed by atoms with Gasteiger partial charge in [0.15, 0.2) is 5.96 Å². The number of aryl methyl sites for hydroxylation is 2. The summed E-state index contributed by atoms with van der Waals surface area (Å²) in [6.07, 6.45) is 6.46. The molecule has 0 radical (unpaired) electrons. The van der Waals surface area contributed by atoms with Crippen molar-refractivity contribution in [1.82, 2.24) is 30.4 Å². The van der Waals surface area contributed by atoms with Gasteiger partial charge in [0.05, 0.1) is 11.6 Å². The van der Waals surface area contributed by atoms with E-state index in [1.807, 2.05) is 10.9 Å². The topological polar surface area (TPSA) is 80.0 Å². The number of hydrogen-bond acceptors (Lipinski definition) is 5. The Labute approximate surface area is 133 Å². The Morgan fingerprint density at radius 2 is 2.41 bits per heavy atom. The molecule has 0 aromatic carbocycles. The molecule has 0 saturated carbocycles. The van der Waals surface area contributed by atoms with Crippen molar-refractivity contribution in [1.29, 1.82) is 0 Å². The first-order valence-electron chi connectivity index (χ1n) is 7.50. The Kier molecular flexibility index (Phi) is 4.67. The summed E-state index contributed by atoms with van der Waals surface area (Å²) in [5.41, 5.74) is 0. The Bertz CT molecular complexity index is 645. The van der Waals surface area contributed by atoms with Gasteiger partial charge in [0.2, 0.25) is 0 Å². The summed E-state index contributed by atoms with van der Waals surface area (Å²) in [6, 6.07) is 0.336. The monoisotopic (exact) mass is 319 g/mol. The van der Waals surface area contributed by atoms with E-state index in [4.69, 9.17) is 0 Å². The third-order valence-corrected chi connectivity index (χ3v) is 4.64. The van der Waals surface area contributed by atoms with Crippen LogP contribution in [0.1, 0.15) is 22.1 Å². The number of fused-ring (bicyclic) bond motifs is 1. The third kappa shape index (κ3) is 3.62. The van der Waals surface area contributed by atoms with Crippen molar-refractivity contribution in [3.8, 4) is 0 Å². The van der Waals surface area contributed by atoms with E-state index in [0.29, 0.717) is 6.04 Å². The minimum absolute atomic E-state index is 0.336. The molecule has 22 heavy (non-hydrogen) atoms. The van der Waals surface area contributed by atoms with E-state index in [1.165, 1.54) is 4.88 Å². The molecule has 3 heterocycles. The molecule has 8 heteroatoms. The van der Waals surface area contributed by atoms with Crippen LogP contribution in [-0.4, -0.2) is 45.3 Å². The number of thiazole rings is 1. The van der Waals surface area contributed by atoms with Gasteiger partial charge >= 0.3 is 0 Å². The summed E-state index contributed by atoms with van der Waals surface area (Å²) in [6.45, 7) is 3.74. The first-order chi connectivity index (χ1) is 10.7. The standard InChI is InChI=1S/C14H21N7S/c1-10-7-17-13(22-10)5-6-16-14(15-2)20-11-3-4-12-18-9-19-21(12)8-11/h7,9,11H,3-6,8H2,1-2H3,(H2,15,16,20). The zero-order valence-corrected chi connectivity index (χ0v) is 13.7. The van der Waals surface area contributed by atoms with Gasteiger partial charge < -0.3 is 10.6 Å². The molecule has 7 nitrogen and oxygen atoms in total. The Balaban J connectivity index is 1.46. The molecule has 2 N–H and O–H groups in total. The summed E-state index contributed by atoms with van der Waals surface area (Å²) in [5.74, 6) is 1.90. The van der Waals surface area contributed by atoms with Crippen LogP contribution < -0.4 is 10.6 Å². The minimum atomic E-state index is 0.336. The largest absolute Gasteiger partial charge is 0.356 e. The number of aromatic nitrogens is 4. The Morgan fingerprint density at radius 1 is 1.50 bits per heavy atom. The van der Waals surface area contributed by atoms with Crippen molar-refractivity contribution >= 4 is 17.3 Å². The number of rotatable bonds is 4. The van der Waals surface area contributed by atoms with Crippen LogP contribution in [-0.2, 0) is 19.4 Å². The zero-order valence-electron chi connectivity index (χ0n) is 12.9. The van der Waals surface area contributed by atoms with Crippen LogP contribution >= 0.6 is 11.3 Å². The maximum absolute atomic E-state index is 4.37. The number of hydrogen-bond donors (Lipinski definition) is 2. The van der Waals surface area contributed by atoms with Gasteiger partial charge in [-0.1, -0.05) is 0 Å². The van der Waals surface area contributed by atoms with E-state index in [0.717, 1.165) is 49.1 Å². The Morgan fingerprint density at radius 3 is 3.18 bits per heavy atom. The molecular formula is C14H21N7S. The molecule has 118 valence electrons. The average Bonchev–Trinajstić information content (AvgIpc) is 3.14. The predicted molar refractivity (Wildman–Crippen MR) is 87.2 cm³/mol. The van der Waals surface area contributed by atoms with Crippen LogP contribution in [0.4, 0.5) is 0 Å². The van der Waals surface area contributed by atoms with Crippen molar-refractivity contribution in [3.63, 3.8) is 0 Å². The fourth-order valence-corrected chi connectivity index (χ4v) is 3.33. The molecule has 0 fully saturated rings. The van der Waals surface area contributed by atoms with E-state index >= 15 is 0 Å². The second-order valence-corrected chi connectivity index (χ2v) is 6.67. The fourth-order valence-electron chi connectivity index (χ4n) is 2.55. The third-order valence-electron chi connectivity index (χ3n) is 3.67. The molecule has 0 saturated heterocycles. The number of guanidine groups is 1. The summed E-state index contributed by atoms with van der Waals surface area (Å²) in [4.78, 5) is 14.2. The second kappa shape index (κ2) is 6.87. The molecule has 1 aliphatic rings. The number of nitrogens with zero attached hydrogens (tertiary/aromatic N) is 5. The lowest BCUT2D eigenvalue weighted by Gasteiger charge is -2.25. The van der Waals surface area contributed by atoms with Crippen molar-refractivity contribution < 1.29 is 0 Å². The number of nitrogens with one attached hydrogen (secondary N) is 2. The minimum Gasteiger partial charge on any atom is -0.356 e. The molecule has 1 atom stereocenters. The second-order valence-electron chi connectivity index (χ2n) is 5.35. The lowest BCUT2D eigenvalue weighted by Crippen LogP contribution is -2.47. The molecule has 1 aliphatic heterocycles. The van der Waals surface area contributed by atoms with Crippen LogP contribution in [0.3, 0.4) is 0 Å². The van der Waals surface area contributed by atoms with E-state index in [-0.39, 0.29) is 0 Å². The predicted octanol–water partition coefficient (Wildman–Crippen LogP) is 0.766. The van der Waals surface area contributed by atoms with Gasteiger partial charge in [-0.3, -0.25) is 4.99 Å². The average molecular weight is 319 g/mol. The van der Waals surface area contributed by atoms with Crippen molar-refractivity contribution in [2.45, 2.75) is 38.8 Å². The summed E-state index contributed by atoms with van der Waals surface area (Å²) < 4.78 is 1.97. The van der Waals surface area contributed by atoms with Crippen LogP contribution in [0.15, 0.2) is 17.5 Å². The Hall–Kier alpha value is -1.96. The van der Waals surface area contributed by atoms with Crippen LogP contribution in [0.2, 0.25) is 0 Å². The molecule has 0 bridgehead atoms. The molecule has 3 rings (SSSR count). The highest BCUT2D eigenvalue weighted by Gasteiger charge is 2.20. The summed E-state index contributed by atoms with van der Waals surface area (Å²) in [5, 5.41) is 12.2. The van der Waals surface area contributed by atoms with E-state index in [9.17, 15) is 0 Å². The first-order valence-corrected chi connectivity index (χ1v) is 8.31. The van der Waals surface area contributed by atoms with E-state index in [2.05, 4.69) is 37.6 Å². The normalized spacial score (nSPS) is 18.1. The van der Waals surface area contributed by atoms with Gasteiger partial charge in [0.1, 0.15) is 12.2 Å². The van der Waals surface area contributed by atoms with Gasteiger partial charge in [-0.05, 0) is 13.3 Å². The summed E-state index contributed by atoms with van der Waals surface area (Å²) >= 11 is 1.75. The first kappa shape index (κ1) is 15.0. The molecule has 2 aromatic rings. The lowest BCUT2D eigenvalue weighted by atomic mass is 10.1. The SMILES string of the molecule is CN=C(NCCc1ncc(C)s1)NC1CCc2ncnn2C1. The molecular weight excluding hydrogens is 298 g/mol. The maximum Gasteiger partial charge on any atom is 0.191 e. The van der Waals surface area contributed by atoms with Gasteiger partial charge in [-0.25, -0.2) is 14.6 Å². The molecule has 2 aromatic heterocycles. The fraction of sp³-hybridized carbons (Fsp3) is 0.571. The van der Waals surface area contributed by atoms with Crippen LogP contribution in [0.5, 0.6) is 0 Å². The quantitative estimate of drug-likeness (QED) is 0.642. The van der Waals surface area contributed by atoms with Crippen molar-refractivity contribution in [2.24, 2.45) is 4.99 Å². The highest BCUT2D eigenvalue weighted by molar-refractivity contribution is 7.11. The van der Waals surface area contributed by atoms with Gasteiger partial charge in [0.25, 0.3) is 0 Å². The van der Waals surface area contributed by atoms with Gasteiger partial charge in [-0.2, -0.15) is 5.10 Å². The highest BCUT2D eigenvalue weighted by Crippen LogP contribution is 2.12. The summed E-state index contributed by atoms with van der Waals surface area (Å²) in [7, 11) is 1.80. The van der Waals surface area contributed by atoms with Gasteiger partial charge in [-0.15, -0.1) is 11.3 Å². The highest BCUT2D eigenvalue weighted by atomic mass is 32.1. The van der Waals surface area contributed by atoms with E-state index < -0.39 is 0 Å². The molecule has 0 amide bonds. The maximum atomic E-state index is 4.37. The molecule has 0 spiro atoms. The van der Waals surface area contributed by atoms with Crippen LogP contribution in [0.25, 0.3) is 0 Å². The van der Waals surface area contributed by atoms with Crippen molar-refractivity contribution in [3.05, 3.63) is 28.2 Å². The number of aliphatic imine (C=N–C) groups is 1.